The number of aromatic amines is 1. The zero-order valence-electron chi connectivity index (χ0n) is 26.4. The minimum atomic E-state index is -0.629. The van der Waals surface area contributed by atoms with Crippen molar-refractivity contribution in [2.24, 2.45) is 0 Å². The Bertz CT molecular complexity index is 1610. The summed E-state index contributed by atoms with van der Waals surface area (Å²) in [4.78, 5) is 58.8. The first-order chi connectivity index (χ1) is 21.6. The maximum Gasteiger partial charge on any atom is 0.265 e. The number of carbonyl (C=O) groups is 4. The van der Waals surface area contributed by atoms with E-state index in [2.05, 4.69) is 34.4 Å². The predicted molar refractivity (Wildman–Crippen MR) is 171 cm³/mol. The molecule has 0 saturated heterocycles. The average molecular weight is 618 g/mol. The Hall–Kier alpha value is -4.77. The molecule has 0 bridgehead atoms. The molecule has 0 unspecified atom stereocenters. The van der Waals surface area contributed by atoms with Gasteiger partial charge in [0.1, 0.15) is 11.6 Å². The number of nitrogens with one attached hydrogen (secondary N) is 3. The van der Waals surface area contributed by atoms with E-state index < -0.39 is 17.6 Å². The van der Waals surface area contributed by atoms with Crippen molar-refractivity contribution in [2.75, 3.05) is 38.2 Å². The van der Waals surface area contributed by atoms with Gasteiger partial charge in [0.15, 0.2) is 0 Å². The summed E-state index contributed by atoms with van der Waals surface area (Å²) in [5.74, 6) is -1.65. The fourth-order valence-electron chi connectivity index (χ4n) is 5.38. The predicted octanol–water partition coefficient (Wildman–Crippen LogP) is 4.36. The van der Waals surface area contributed by atoms with Crippen LogP contribution in [-0.4, -0.2) is 66.8 Å². The molecule has 0 radical (unpaired) electrons. The summed E-state index contributed by atoms with van der Waals surface area (Å²) < 4.78 is 19.5. The van der Waals surface area contributed by atoms with Crippen molar-refractivity contribution in [1.82, 2.24) is 20.5 Å². The van der Waals surface area contributed by atoms with Crippen molar-refractivity contribution in [2.45, 2.75) is 47.1 Å². The van der Waals surface area contributed by atoms with E-state index in [1.807, 2.05) is 12.1 Å². The molecule has 0 spiro atoms. The van der Waals surface area contributed by atoms with Gasteiger partial charge in [-0.15, -0.1) is 0 Å². The number of H-pyrrole nitrogens is 1. The molecule has 2 heterocycles. The van der Waals surface area contributed by atoms with E-state index >= 15 is 0 Å². The van der Waals surface area contributed by atoms with Gasteiger partial charge in [-0.1, -0.05) is 26.0 Å². The molecular formula is C34H40FN5O5. The zero-order chi connectivity index (χ0) is 32.7. The molecule has 4 rings (SSSR count). The second kappa shape index (κ2) is 14.8. The number of aryl methyl sites for hydroxylation is 1. The SMILES string of the molecule is CCN(CC)CCNC(=O)c1c(C)[nH]c(/C=C2\C(=O)N(C(=O)CCC(=O)NCc3ccc(OC)cc3)c3ccc(F)cc32)c1C. The topological polar surface area (TPSA) is 124 Å². The summed E-state index contributed by atoms with van der Waals surface area (Å²) in [6, 6.07) is 11.0. The molecule has 4 amide bonds. The maximum absolute atomic E-state index is 14.4. The quantitative estimate of drug-likeness (QED) is 0.245. The van der Waals surface area contributed by atoms with Gasteiger partial charge in [0, 0.05) is 49.4 Å². The smallest absolute Gasteiger partial charge is 0.265 e. The molecule has 45 heavy (non-hydrogen) atoms. The van der Waals surface area contributed by atoms with Gasteiger partial charge >= 0.3 is 0 Å². The number of hydrogen-bond donors (Lipinski definition) is 3. The van der Waals surface area contributed by atoms with E-state index in [0.717, 1.165) is 30.1 Å². The van der Waals surface area contributed by atoms with Crippen LogP contribution in [0.15, 0.2) is 42.5 Å². The van der Waals surface area contributed by atoms with Crippen LogP contribution in [0, 0.1) is 19.7 Å². The van der Waals surface area contributed by atoms with Crippen LogP contribution >= 0.6 is 0 Å². The van der Waals surface area contributed by atoms with Gasteiger partial charge in [0.2, 0.25) is 11.8 Å². The molecule has 0 saturated carbocycles. The average Bonchev–Trinajstić information content (AvgIpc) is 3.47. The van der Waals surface area contributed by atoms with Crippen molar-refractivity contribution in [3.63, 3.8) is 0 Å². The van der Waals surface area contributed by atoms with Crippen LogP contribution in [-0.2, 0) is 20.9 Å². The van der Waals surface area contributed by atoms with Gasteiger partial charge in [-0.25, -0.2) is 9.29 Å². The lowest BCUT2D eigenvalue weighted by Gasteiger charge is -2.18. The largest absolute Gasteiger partial charge is 0.497 e. The number of anilines is 1. The molecule has 2 aromatic carbocycles. The summed E-state index contributed by atoms with van der Waals surface area (Å²) in [7, 11) is 1.57. The highest BCUT2D eigenvalue weighted by Crippen LogP contribution is 2.39. The highest BCUT2D eigenvalue weighted by Gasteiger charge is 2.37. The summed E-state index contributed by atoms with van der Waals surface area (Å²) >= 11 is 0. The van der Waals surface area contributed by atoms with Gasteiger partial charge in [-0.3, -0.25) is 19.2 Å². The first kappa shape index (κ1) is 33.1. The molecular weight excluding hydrogens is 577 g/mol. The molecule has 1 aliphatic heterocycles. The highest BCUT2D eigenvalue weighted by molar-refractivity contribution is 6.42. The number of carbonyl (C=O) groups excluding carboxylic acids is 4. The van der Waals surface area contributed by atoms with Gasteiger partial charge in [0.05, 0.1) is 23.9 Å². The Morgan fingerprint density at radius 3 is 2.40 bits per heavy atom. The van der Waals surface area contributed by atoms with Crippen LogP contribution in [0.2, 0.25) is 0 Å². The molecule has 3 aromatic rings. The maximum atomic E-state index is 14.4. The molecule has 238 valence electrons. The normalized spacial score (nSPS) is 13.4. The summed E-state index contributed by atoms with van der Waals surface area (Å²) in [6.45, 7) is 10.9. The first-order valence-corrected chi connectivity index (χ1v) is 15.1. The number of likely N-dealkylation sites (N-methyl/N-ethyl adjacent to an activating group) is 1. The van der Waals surface area contributed by atoms with Gasteiger partial charge in [0.25, 0.3) is 11.8 Å². The first-order valence-electron chi connectivity index (χ1n) is 15.1. The molecule has 1 aromatic heterocycles. The lowest BCUT2D eigenvalue weighted by atomic mass is 10.0. The number of benzene rings is 2. The van der Waals surface area contributed by atoms with Gasteiger partial charge in [-0.05, 0) is 74.5 Å². The van der Waals surface area contributed by atoms with Crippen molar-refractivity contribution in [1.29, 1.82) is 0 Å². The molecule has 0 aliphatic carbocycles. The minimum absolute atomic E-state index is 0.111. The third-order valence-electron chi connectivity index (χ3n) is 7.99. The van der Waals surface area contributed by atoms with Gasteiger partial charge in [-0.2, -0.15) is 0 Å². The second-order valence-electron chi connectivity index (χ2n) is 10.8. The van der Waals surface area contributed by atoms with E-state index in [0.29, 0.717) is 34.8 Å². The van der Waals surface area contributed by atoms with Crippen molar-refractivity contribution >= 4 is 41.0 Å². The lowest BCUT2D eigenvalue weighted by Crippen LogP contribution is -2.35. The van der Waals surface area contributed by atoms with Crippen molar-refractivity contribution < 1.29 is 28.3 Å². The highest BCUT2D eigenvalue weighted by atomic mass is 19.1. The van der Waals surface area contributed by atoms with Crippen molar-refractivity contribution in [3.8, 4) is 5.75 Å². The van der Waals surface area contributed by atoms with E-state index in [9.17, 15) is 23.6 Å². The number of ether oxygens (including phenoxy) is 1. The number of fused-ring (bicyclic) bond motifs is 1. The number of hydrogen-bond acceptors (Lipinski definition) is 6. The fourth-order valence-corrected chi connectivity index (χ4v) is 5.38. The standard InChI is InChI=1S/C34H40FN5O5/c1-6-39(7-2)17-16-36-33(43)32-21(3)28(38-22(32)4)19-27-26-18-24(35)10-13-29(26)40(34(27)44)31(42)15-14-30(41)37-20-23-8-11-25(45-5)12-9-23/h8-13,18-19,38H,6-7,14-17,20H2,1-5H3,(H,36,43)(H,37,41)/b27-19-. The number of imide groups is 1. The van der Waals surface area contributed by atoms with Crippen LogP contribution in [0.1, 0.15) is 65.1 Å². The summed E-state index contributed by atoms with van der Waals surface area (Å²) in [6.07, 6.45) is 1.20. The summed E-state index contributed by atoms with van der Waals surface area (Å²) in [5, 5.41) is 5.73. The van der Waals surface area contributed by atoms with Crippen LogP contribution in [0.25, 0.3) is 11.6 Å². The molecule has 3 N–H and O–H groups in total. The Morgan fingerprint density at radius 2 is 1.73 bits per heavy atom. The Labute approximate surface area is 262 Å². The number of rotatable bonds is 13. The Balaban J connectivity index is 1.48. The third kappa shape index (κ3) is 7.66. The number of nitrogens with zero attached hydrogens (tertiary/aromatic N) is 2. The minimum Gasteiger partial charge on any atom is -0.497 e. The Morgan fingerprint density at radius 1 is 1.02 bits per heavy atom. The number of methoxy groups -OCH3 is 1. The number of halogens is 1. The van der Waals surface area contributed by atoms with Crippen LogP contribution in [0.5, 0.6) is 5.75 Å². The van der Waals surface area contributed by atoms with E-state index in [4.69, 9.17) is 4.74 Å². The van der Waals surface area contributed by atoms with E-state index in [1.165, 1.54) is 18.2 Å². The third-order valence-corrected chi connectivity index (χ3v) is 7.99. The number of aromatic nitrogens is 1. The lowest BCUT2D eigenvalue weighted by molar-refractivity contribution is -0.127. The Kier molecular flexibility index (Phi) is 10.9. The number of amides is 4. The molecule has 0 atom stereocenters. The van der Waals surface area contributed by atoms with E-state index in [-0.39, 0.29) is 48.0 Å². The van der Waals surface area contributed by atoms with Crippen LogP contribution < -0.4 is 20.3 Å². The second-order valence-corrected chi connectivity index (χ2v) is 10.8. The zero-order valence-corrected chi connectivity index (χ0v) is 26.4. The fraction of sp³-hybridized carbons (Fsp3) is 0.353. The molecule has 11 heteroatoms. The van der Waals surface area contributed by atoms with Crippen LogP contribution in [0.3, 0.4) is 0 Å². The van der Waals surface area contributed by atoms with Crippen LogP contribution in [0.4, 0.5) is 10.1 Å². The summed E-state index contributed by atoms with van der Waals surface area (Å²) in [5.41, 5.74) is 3.71. The molecule has 1 aliphatic rings. The molecule has 10 nitrogen and oxygen atoms in total. The van der Waals surface area contributed by atoms with Gasteiger partial charge < -0.3 is 25.3 Å². The molecule has 0 fully saturated rings. The van der Waals surface area contributed by atoms with E-state index in [1.54, 1.807) is 39.2 Å². The van der Waals surface area contributed by atoms with Crippen molar-refractivity contribution in [3.05, 3.63) is 81.9 Å². The monoisotopic (exact) mass is 617 g/mol.